The van der Waals surface area contributed by atoms with Crippen molar-refractivity contribution in [3.05, 3.63) is 80.3 Å². The number of carbonyl (C=O) groups is 2. The van der Waals surface area contributed by atoms with E-state index in [0.29, 0.717) is 19.3 Å². The van der Waals surface area contributed by atoms with Gasteiger partial charge >= 0.3 is 0 Å². The van der Waals surface area contributed by atoms with E-state index < -0.39 is 39.0 Å². The third kappa shape index (κ3) is 5.31. The fourth-order valence-electron chi connectivity index (χ4n) is 7.50. The van der Waals surface area contributed by atoms with E-state index in [0.717, 1.165) is 29.2 Å². The third-order valence-corrected chi connectivity index (χ3v) is 10.0. The molecule has 1 saturated carbocycles. The lowest BCUT2D eigenvalue weighted by Gasteiger charge is -2.61. The maximum atomic E-state index is 15.5. The summed E-state index contributed by atoms with van der Waals surface area (Å²) >= 11 is 0. The quantitative estimate of drug-likeness (QED) is 0.169. The number of phenols is 2. The number of rotatable bonds is 9. The highest BCUT2D eigenvalue weighted by molar-refractivity contribution is 6.23. The van der Waals surface area contributed by atoms with Crippen molar-refractivity contribution in [1.29, 1.82) is 0 Å². The largest absolute Gasteiger partial charge is 0.504 e. The second-order valence-corrected chi connectivity index (χ2v) is 14.2. The summed E-state index contributed by atoms with van der Waals surface area (Å²) in [5, 5.41) is 20.6. The van der Waals surface area contributed by atoms with Crippen molar-refractivity contribution in [1.82, 2.24) is 0 Å². The van der Waals surface area contributed by atoms with E-state index in [4.69, 9.17) is 4.42 Å². The van der Waals surface area contributed by atoms with Crippen LogP contribution in [-0.2, 0) is 10.2 Å². The highest BCUT2D eigenvalue weighted by atomic mass is 16.3. The molecule has 1 aromatic carbocycles. The molecule has 2 aliphatic carbocycles. The summed E-state index contributed by atoms with van der Waals surface area (Å²) in [6.45, 7) is 18.2. The summed E-state index contributed by atoms with van der Waals surface area (Å²) in [5.41, 5.74) is 0.266. The van der Waals surface area contributed by atoms with Gasteiger partial charge in [0, 0.05) is 6.07 Å². The maximum Gasteiger partial charge on any atom is 0.204 e. The topological polar surface area (TPSA) is 105 Å². The number of aromatic hydroxyl groups is 2. The van der Waals surface area contributed by atoms with Crippen molar-refractivity contribution in [2.24, 2.45) is 16.7 Å². The van der Waals surface area contributed by atoms with Gasteiger partial charge in [0.25, 0.3) is 0 Å². The Kier molecular flexibility index (Phi) is 9.08. The summed E-state index contributed by atoms with van der Waals surface area (Å²) in [6, 6.07) is 2.35. The summed E-state index contributed by atoms with van der Waals surface area (Å²) in [7, 11) is 0. The minimum Gasteiger partial charge on any atom is -0.504 e. The second kappa shape index (κ2) is 12.0. The minimum absolute atomic E-state index is 0.00175. The normalized spacial score (nSPS) is 25.7. The Morgan fingerprint density at radius 1 is 0.841 bits per heavy atom. The SMILES string of the molecule is CC(C)=CCCC1(C)C(CC=C(C)C)CC2(CC=C(C)C)C(=O)c3c(oc4cc(O)c(O)cc4c3=O)C1(CC=C(C)C)C2=O. The number of phenolic OH excluding ortho intramolecular Hbond substituents is 2. The van der Waals surface area contributed by atoms with E-state index in [1.54, 1.807) is 0 Å². The van der Waals surface area contributed by atoms with Gasteiger partial charge in [-0.1, -0.05) is 53.5 Å². The van der Waals surface area contributed by atoms with E-state index in [2.05, 4.69) is 46.8 Å². The first-order valence-electron chi connectivity index (χ1n) is 15.7. The number of carbonyl (C=O) groups excluding carboxylic acids is 2. The molecule has 0 amide bonds. The standard InChI is InChI=1S/C38H48O6/c1-22(2)11-10-16-36(9)26(13-12-23(3)4)21-37(17-14-24(5)6)33(42)31-32(41)27-19-28(39)29(40)20-30(27)44-34(31)38(36,35(37)43)18-15-25(7)8/h11-12,14-15,19-20,26,39-40H,10,13,16-18,21H2,1-9H3. The van der Waals surface area contributed by atoms with Crippen molar-refractivity contribution < 1.29 is 24.2 Å². The Hall–Kier alpha value is -3.67. The van der Waals surface area contributed by atoms with E-state index in [9.17, 15) is 19.8 Å². The lowest BCUT2D eigenvalue weighted by Crippen LogP contribution is -2.68. The number of fused-ring (bicyclic) bond motifs is 5. The molecule has 0 saturated heterocycles. The zero-order valence-electron chi connectivity index (χ0n) is 27.8. The molecule has 2 aliphatic rings. The van der Waals surface area contributed by atoms with Crippen molar-refractivity contribution in [2.75, 3.05) is 0 Å². The monoisotopic (exact) mass is 600 g/mol. The molecule has 4 unspecified atom stereocenters. The van der Waals surface area contributed by atoms with E-state index in [1.165, 1.54) is 11.6 Å². The van der Waals surface area contributed by atoms with Crippen LogP contribution in [0.25, 0.3) is 11.0 Å². The van der Waals surface area contributed by atoms with Gasteiger partial charge in [-0.05, 0) is 111 Å². The van der Waals surface area contributed by atoms with Crippen molar-refractivity contribution in [2.45, 2.75) is 106 Å². The molecule has 1 heterocycles. The Balaban J connectivity index is 2.24. The van der Waals surface area contributed by atoms with Crippen molar-refractivity contribution in [3.63, 3.8) is 0 Å². The van der Waals surface area contributed by atoms with Crippen LogP contribution in [0.2, 0.25) is 0 Å². The van der Waals surface area contributed by atoms with Gasteiger partial charge in [-0.15, -0.1) is 0 Å². The zero-order valence-corrected chi connectivity index (χ0v) is 27.8. The molecule has 44 heavy (non-hydrogen) atoms. The van der Waals surface area contributed by atoms with Crippen LogP contribution in [0.1, 0.15) is 117 Å². The van der Waals surface area contributed by atoms with Crippen LogP contribution in [-0.4, -0.2) is 21.8 Å². The van der Waals surface area contributed by atoms with Gasteiger partial charge in [-0.2, -0.15) is 0 Å². The summed E-state index contributed by atoms with van der Waals surface area (Å²) in [4.78, 5) is 44.6. The molecule has 236 valence electrons. The fraction of sp³-hybridized carbons (Fsp3) is 0.500. The average molecular weight is 601 g/mol. The second-order valence-electron chi connectivity index (χ2n) is 14.2. The summed E-state index contributed by atoms with van der Waals surface area (Å²) < 4.78 is 6.54. The first kappa shape index (κ1) is 33.2. The number of allylic oxidation sites excluding steroid dienone is 8. The average Bonchev–Trinajstić information content (AvgIpc) is 2.92. The molecule has 1 aromatic heterocycles. The molecule has 0 aliphatic heterocycles. The number of hydrogen-bond donors (Lipinski definition) is 2. The molecule has 4 atom stereocenters. The highest BCUT2D eigenvalue weighted by Crippen LogP contribution is 2.67. The summed E-state index contributed by atoms with van der Waals surface area (Å²) in [6.07, 6.45) is 11.2. The molecule has 0 radical (unpaired) electrons. The number of benzene rings is 1. The van der Waals surface area contributed by atoms with Gasteiger partial charge in [0.05, 0.1) is 16.2 Å². The molecule has 2 bridgehead atoms. The smallest absolute Gasteiger partial charge is 0.204 e. The summed E-state index contributed by atoms with van der Waals surface area (Å²) in [5.74, 6) is -1.57. The Labute approximate surface area is 261 Å². The van der Waals surface area contributed by atoms with Gasteiger partial charge < -0.3 is 14.6 Å². The van der Waals surface area contributed by atoms with Crippen LogP contribution < -0.4 is 5.43 Å². The molecule has 0 spiro atoms. The van der Waals surface area contributed by atoms with Gasteiger partial charge in [-0.25, -0.2) is 0 Å². The molecule has 1 fully saturated rings. The molecule has 2 aromatic rings. The van der Waals surface area contributed by atoms with E-state index in [-0.39, 0.29) is 46.8 Å². The zero-order chi connectivity index (χ0) is 32.8. The molecule has 2 N–H and O–H groups in total. The molecule has 4 rings (SSSR count). The van der Waals surface area contributed by atoms with Gasteiger partial charge in [-0.3, -0.25) is 14.4 Å². The highest BCUT2D eigenvalue weighted by Gasteiger charge is 2.72. The Bertz CT molecular complexity index is 1680. The van der Waals surface area contributed by atoms with Crippen LogP contribution in [0.3, 0.4) is 0 Å². The number of Topliss-reactive ketones (excluding diaryl/α,β-unsaturated/α-hetero) is 2. The van der Waals surface area contributed by atoms with E-state index in [1.807, 2.05) is 39.8 Å². The molecular formula is C38H48O6. The lowest BCUT2D eigenvalue weighted by molar-refractivity contribution is -0.153. The third-order valence-electron chi connectivity index (χ3n) is 10.0. The maximum absolute atomic E-state index is 15.5. The fourth-order valence-corrected chi connectivity index (χ4v) is 7.50. The lowest BCUT2D eigenvalue weighted by atomic mass is 9.38. The minimum atomic E-state index is -1.43. The predicted octanol–water partition coefficient (Wildman–Crippen LogP) is 9.04. The van der Waals surface area contributed by atoms with Crippen LogP contribution in [0.4, 0.5) is 0 Å². The Morgan fingerprint density at radius 3 is 2.00 bits per heavy atom. The van der Waals surface area contributed by atoms with Crippen molar-refractivity contribution >= 4 is 22.5 Å². The number of hydrogen-bond acceptors (Lipinski definition) is 6. The van der Waals surface area contributed by atoms with Crippen LogP contribution in [0.5, 0.6) is 11.5 Å². The van der Waals surface area contributed by atoms with Crippen LogP contribution >= 0.6 is 0 Å². The first-order chi connectivity index (χ1) is 20.5. The van der Waals surface area contributed by atoms with Crippen LogP contribution in [0.15, 0.2) is 67.9 Å². The van der Waals surface area contributed by atoms with Gasteiger partial charge in [0.1, 0.15) is 16.9 Å². The Morgan fingerprint density at radius 2 is 1.41 bits per heavy atom. The van der Waals surface area contributed by atoms with E-state index >= 15 is 4.79 Å². The first-order valence-corrected chi connectivity index (χ1v) is 15.7. The van der Waals surface area contributed by atoms with Gasteiger partial charge in [0.15, 0.2) is 23.1 Å². The predicted molar refractivity (Wildman–Crippen MR) is 176 cm³/mol. The molecule has 6 heteroatoms. The molecular weight excluding hydrogens is 552 g/mol. The van der Waals surface area contributed by atoms with Crippen molar-refractivity contribution in [3.8, 4) is 11.5 Å². The number of ketones is 2. The molecule has 6 nitrogen and oxygen atoms in total. The van der Waals surface area contributed by atoms with Gasteiger partial charge in [0.2, 0.25) is 5.43 Å². The van der Waals surface area contributed by atoms with Crippen LogP contribution in [0, 0.1) is 16.7 Å².